The molecular formula is C15H22N2O3. The fraction of sp³-hybridized carbons (Fsp3) is 0.467. The highest BCUT2D eigenvalue weighted by Crippen LogP contribution is 2.06. The van der Waals surface area contributed by atoms with E-state index in [1.54, 1.807) is 18.2 Å². The summed E-state index contributed by atoms with van der Waals surface area (Å²) >= 11 is 0. The van der Waals surface area contributed by atoms with Crippen molar-refractivity contribution in [1.29, 1.82) is 0 Å². The van der Waals surface area contributed by atoms with Gasteiger partial charge in [-0.05, 0) is 44.5 Å². The molecule has 0 saturated heterocycles. The van der Waals surface area contributed by atoms with Gasteiger partial charge in [0.1, 0.15) is 0 Å². The Balaban J connectivity index is 2.50. The van der Waals surface area contributed by atoms with E-state index >= 15 is 0 Å². The van der Waals surface area contributed by atoms with Crippen molar-refractivity contribution < 1.29 is 14.7 Å². The molecule has 0 spiro atoms. The summed E-state index contributed by atoms with van der Waals surface area (Å²) in [6.07, 6.45) is 0.606. The van der Waals surface area contributed by atoms with Gasteiger partial charge in [-0.3, -0.25) is 4.79 Å². The van der Waals surface area contributed by atoms with Crippen LogP contribution in [0.4, 0.5) is 0 Å². The molecule has 0 aliphatic rings. The number of hydrogen-bond acceptors (Lipinski definition) is 3. The third kappa shape index (κ3) is 4.66. The van der Waals surface area contributed by atoms with Crippen LogP contribution in [0.25, 0.3) is 0 Å². The zero-order valence-electron chi connectivity index (χ0n) is 12.2. The van der Waals surface area contributed by atoms with Crippen LogP contribution in [0.2, 0.25) is 0 Å². The first-order valence-electron chi connectivity index (χ1n) is 6.72. The number of hydrogen-bond donors (Lipinski definition) is 3. The number of benzene rings is 1. The Morgan fingerprint density at radius 3 is 2.60 bits per heavy atom. The lowest BCUT2D eigenvalue weighted by atomic mass is 10.0. The van der Waals surface area contributed by atoms with E-state index < -0.39 is 11.5 Å². The third-order valence-electron chi connectivity index (χ3n) is 3.06. The second-order valence-electron chi connectivity index (χ2n) is 5.17. The van der Waals surface area contributed by atoms with Crippen LogP contribution in [0.15, 0.2) is 24.3 Å². The van der Waals surface area contributed by atoms with E-state index in [9.17, 15) is 9.59 Å². The Bertz CT molecular complexity index is 484. The van der Waals surface area contributed by atoms with Gasteiger partial charge in [0.2, 0.25) is 5.91 Å². The highest BCUT2D eigenvalue weighted by Gasteiger charge is 2.25. The molecule has 1 aromatic carbocycles. The number of rotatable bonds is 7. The van der Waals surface area contributed by atoms with Crippen LogP contribution < -0.4 is 10.6 Å². The molecule has 5 nitrogen and oxygen atoms in total. The molecule has 3 N–H and O–H groups in total. The van der Waals surface area contributed by atoms with Crippen LogP contribution in [0, 0.1) is 0 Å². The van der Waals surface area contributed by atoms with E-state index in [2.05, 4.69) is 10.6 Å². The lowest BCUT2D eigenvalue weighted by Crippen LogP contribution is -2.52. The number of carbonyl (C=O) groups is 2. The first kappa shape index (κ1) is 16.2. The minimum Gasteiger partial charge on any atom is -0.478 e. The van der Waals surface area contributed by atoms with Crippen molar-refractivity contribution in [2.75, 3.05) is 13.1 Å². The van der Waals surface area contributed by atoms with Crippen LogP contribution >= 0.6 is 0 Å². The molecule has 0 aliphatic heterocycles. The molecule has 110 valence electrons. The predicted octanol–water partition coefficient (Wildman–Crippen LogP) is 1.43. The first-order valence-corrected chi connectivity index (χ1v) is 6.72. The molecule has 5 heteroatoms. The summed E-state index contributed by atoms with van der Waals surface area (Å²) in [6.45, 7) is 6.82. The number of carbonyl (C=O) groups excluding carboxylic acids is 1. The molecular weight excluding hydrogens is 256 g/mol. The molecule has 1 rings (SSSR count). The van der Waals surface area contributed by atoms with Crippen molar-refractivity contribution >= 4 is 11.9 Å². The summed E-state index contributed by atoms with van der Waals surface area (Å²) in [5.41, 5.74) is 0.561. The summed E-state index contributed by atoms with van der Waals surface area (Å²) < 4.78 is 0. The molecule has 0 aliphatic carbocycles. The van der Waals surface area contributed by atoms with Crippen LogP contribution in [0.3, 0.4) is 0 Å². The minimum atomic E-state index is -0.941. The standard InChI is InChI=1S/C15H22N2O3/c1-4-17-15(2,3)14(20)16-9-8-11-6-5-7-12(10-11)13(18)19/h5-7,10,17H,4,8-9H2,1-3H3,(H,16,20)(H,18,19). The fourth-order valence-electron chi connectivity index (χ4n) is 1.92. The zero-order chi connectivity index (χ0) is 15.2. The van der Waals surface area contributed by atoms with E-state index in [1.807, 2.05) is 26.8 Å². The first-order chi connectivity index (χ1) is 9.36. The quantitative estimate of drug-likeness (QED) is 0.705. The average molecular weight is 278 g/mol. The van der Waals surface area contributed by atoms with Gasteiger partial charge >= 0.3 is 5.97 Å². The van der Waals surface area contributed by atoms with E-state index in [0.717, 1.165) is 12.1 Å². The summed E-state index contributed by atoms with van der Waals surface area (Å²) in [6, 6.07) is 6.75. The Labute approximate surface area is 119 Å². The van der Waals surface area contributed by atoms with Crippen molar-refractivity contribution in [3.8, 4) is 0 Å². The van der Waals surface area contributed by atoms with Crippen LogP contribution in [0.5, 0.6) is 0 Å². The SMILES string of the molecule is CCNC(C)(C)C(=O)NCCc1cccc(C(=O)O)c1. The maximum Gasteiger partial charge on any atom is 0.335 e. The molecule has 0 saturated carbocycles. The van der Waals surface area contributed by atoms with Crippen LogP contribution in [-0.4, -0.2) is 35.6 Å². The van der Waals surface area contributed by atoms with Gasteiger partial charge in [-0.15, -0.1) is 0 Å². The number of carboxylic acid groups (broad SMARTS) is 1. The molecule has 1 aromatic rings. The van der Waals surface area contributed by atoms with Gasteiger partial charge in [0, 0.05) is 6.54 Å². The lowest BCUT2D eigenvalue weighted by molar-refractivity contribution is -0.126. The normalized spacial score (nSPS) is 11.2. The number of nitrogens with one attached hydrogen (secondary N) is 2. The summed E-state index contributed by atoms with van der Waals surface area (Å²) in [5.74, 6) is -1.00. The Morgan fingerprint density at radius 1 is 1.30 bits per heavy atom. The molecule has 1 amide bonds. The maximum atomic E-state index is 12.0. The molecule has 0 heterocycles. The Morgan fingerprint density at radius 2 is 2.00 bits per heavy atom. The minimum absolute atomic E-state index is 0.0614. The smallest absolute Gasteiger partial charge is 0.335 e. The molecule has 0 aromatic heterocycles. The summed E-state index contributed by atoms with van der Waals surface area (Å²) in [4.78, 5) is 22.8. The van der Waals surface area contributed by atoms with Gasteiger partial charge in [-0.25, -0.2) is 4.79 Å². The Kier molecular flexibility index (Phi) is 5.70. The van der Waals surface area contributed by atoms with E-state index in [4.69, 9.17) is 5.11 Å². The van der Waals surface area contributed by atoms with Gasteiger partial charge < -0.3 is 15.7 Å². The lowest BCUT2D eigenvalue weighted by Gasteiger charge is -2.24. The van der Waals surface area contributed by atoms with Gasteiger partial charge in [-0.2, -0.15) is 0 Å². The van der Waals surface area contributed by atoms with Gasteiger partial charge in [0.25, 0.3) is 0 Å². The number of carboxylic acids is 1. The zero-order valence-corrected chi connectivity index (χ0v) is 12.2. The number of amides is 1. The second kappa shape index (κ2) is 7.05. The Hall–Kier alpha value is -1.88. The largest absolute Gasteiger partial charge is 0.478 e. The number of likely N-dealkylation sites (N-methyl/N-ethyl adjacent to an activating group) is 1. The van der Waals surface area contributed by atoms with E-state index in [0.29, 0.717) is 13.0 Å². The highest BCUT2D eigenvalue weighted by atomic mass is 16.4. The molecule has 0 radical (unpaired) electrons. The summed E-state index contributed by atoms with van der Waals surface area (Å²) in [5, 5.41) is 14.9. The average Bonchev–Trinajstić information content (AvgIpc) is 2.38. The predicted molar refractivity (Wildman–Crippen MR) is 77.9 cm³/mol. The maximum absolute atomic E-state index is 12.0. The second-order valence-corrected chi connectivity index (χ2v) is 5.17. The summed E-state index contributed by atoms with van der Waals surface area (Å²) in [7, 11) is 0. The van der Waals surface area contributed by atoms with Gasteiger partial charge in [-0.1, -0.05) is 19.1 Å². The molecule has 0 bridgehead atoms. The highest BCUT2D eigenvalue weighted by molar-refractivity contribution is 5.87. The fourth-order valence-corrected chi connectivity index (χ4v) is 1.92. The van der Waals surface area contributed by atoms with Gasteiger partial charge in [0.05, 0.1) is 11.1 Å². The number of aromatic carboxylic acids is 1. The molecule has 0 fully saturated rings. The van der Waals surface area contributed by atoms with Crippen molar-refractivity contribution in [2.45, 2.75) is 32.7 Å². The van der Waals surface area contributed by atoms with E-state index in [-0.39, 0.29) is 11.5 Å². The molecule has 0 unspecified atom stereocenters. The van der Waals surface area contributed by atoms with Crippen molar-refractivity contribution in [3.05, 3.63) is 35.4 Å². The molecule has 0 atom stereocenters. The molecule has 20 heavy (non-hydrogen) atoms. The van der Waals surface area contributed by atoms with Crippen molar-refractivity contribution in [1.82, 2.24) is 10.6 Å². The van der Waals surface area contributed by atoms with Crippen LogP contribution in [-0.2, 0) is 11.2 Å². The third-order valence-corrected chi connectivity index (χ3v) is 3.06. The van der Waals surface area contributed by atoms with Crippen molar-refractivity contribution in [2.24, 2.45) is 0 Å². The topological polar surface area (TPSA) is 78.4 Å². The van der Waals surface area contributed by atoms with Crippen LogP contribution in [0.1, 0.15) is 36.7 Å². The van der Waals surface area contributed by atoms with E-state index in [1.165, 1.54) is 0 Å². The monoisotopic (exact) mass is 278 g/mol. The van der Waals surface area contributed by atoms with Crippen molar-refractivity contribution in [3.63, 3.8) is 0 Å². The van der Waals surface area contributed by atoms with Gasteiger partial charge in [0.15, 0.2) is 0 Å².